The number of hydrogen-bond acceptors (Lipinski definition) is 5. The topological polar surface area (TPSA) is 76.4 Å². The summed E-state index contributed by atoms with van der Waals surface area (Å²) < 4.78 is 20.3. The Labute approximate surface area is 102 Å². The monoisotopic (exact) mass is 255 g/mol. The maximum absolute atomic E-state index is 13.8. The molecule has 1 fully saturated rings. The van der Waals surface area contributed by atoms with E-state index in [9.17, 15) is 9.18 Å². The third-order valence-electron chi connectivity index (χ3n) is 3.32. The van der Waals surface area contributed by atoms with Gasteiger partial charge < -0.3 is 15.2 Å². The van der Waals surface area contributed by atoms with Gasteiger partial charge in [0.05, 0.1) is 12.7 Å². The first kappa shape index (κ1) is 11.6. The number of aromatic nitrogens is 2. The Morgan fingerprint density at radius 2 is 2.50 bits per heavy atom. The van der Waals surface area contributed by atoms with Crippen LogP contribution in [0.1, 0.15) is 18.2 Å². The number of rotatable bonds is 2. The van der Waals surface area contributed by atoms with E-state index in [0.717, 1.165) is 18.5 Å². The van der Waals surface area contributed by atoms with E-state index in [1.165, 1.54) is 4.57 Å². The van der Waals surface area contributed by atoms with Crippen LogP contribution in [0.4, 0.5) is 10.2 Å². The van der Waals surface area contributed by atoms with Crippen LogP contribution in [0, 0.1) is 0 Å². The molecule has 0 bridgehead atoms. The molecule has 2 N–H and O–H groups in total. The molecule has 6 nitrogen and oxygen atoms in total. The predicted molar refractivity (Wildman–Crippen MR) is 61.2 cm³/mol. The Hall–Kier alpha value is -1.47. The lowest BCUT2D eigenvalue weighted by Crippen LogP contribution is -2.31. The standard InChI is InChI=1S/C11H14FN3O3/c12-8-3-7(5-16)18-10(8)15-4-6-1-2-13-9(6)14-11(15)17/h4,7-8,10,16H,1-3,5H2,(H,13,14,17)/t7?,8-,10?/m1/s1. The van der Waals surface area contributed by atoms with E-state index in [-0.39, 0.29) is 13.0 Å². The Kier molecular flexibility index (Phi) is 2.79. The molecular formula is C11H14FN3O3. The van der Waals surface area contributed by atoms with Gasteiger partial charge in [-0.25, -0.2) is 9.18 Å². The Morgan fingerprint density at radius 1 is 1.67 bits per heavy atom. The van der Waals surface area contributed by atoms with Gasteiger partial charge in [-0.1, -0.05) is 0 Å². The van der Waals surface area contributed by atoms with Crippen LogP contribution in [-0.4, -0.2) is 40.1 Å². The van der Waals surface area contributed by atoms with Gasteiger partial charge in [0.1, 0.15) is 12.0 Å². The number of anilines is 1. The summed E-state index contributed by atoms with van der Waals surface area (Å²) in [5.74, 6) is 0.573. The largest absolute Gasteiger partial charge is 0.394 e. The van der Waals surface area contributed by atoms with Crippen molar-refractivity contribution in [2.24, 2.45) is 0 Å². The molecule has 1 aromatic rings. The van der Waals surface area contributed by atoms with E-state index in [4.69, 9.17) is 9.84 Å². The summed E-state index contributed by atoms with van der Waals surface area (Å²) in [6.45, 7) is 0.487. The molecule has 0 amide bonds. The summed E-state index contributed by atoms with van der Waals surface area (Å²) >= 11 is 0. The second kappa shape index (κ2) is 4.33. The zero-order chi connectivity index (χ0) is 12.7. The molecule has 7 heteroatoms. The fraction of sp³-hybridized carbons (Fsp3) is 0.636. The minimum Gasteiger partial charge on any atom is -0.394 e. The Bertz CT molecular complexity index is 519. The molecule has 2 aliphatic heterocycles. The first-order valence-electron chi connectivity index (χ1n) is 5.95. The van der Waals surface area contributed by atoms with Gasteiger partial charge in [-0.15, -0.1) is 0 Å². The average molecular weight is 255 g/mol. The highest BCUT2D eigenvalue weighted by atomic mass is 19.1. The second-order valence-electron chi connectivity index (χ2n) is 4.56. The normalized spacial score (nSPS) is 30.2. The van der Waals surface area contributed by atoms with Crippen LogP contribution in [0.25, 0.3) is 0 Å². The van der Waals surface area contributed by atoms with Crippen molar-refractivity contribution in [1.82, 2.24) is 9.55 Å². The van der Waals surface area contributed by atoms with Crippen LogP contribution in [0.3, 0.4) is 0 Å². The summed E-state index contributed by atoms with van der Waals surface area (Å²) in [4.78, 5) is 15.7. The van der Waals surface area contributed by atoms with Crippen LogP contribution < -0.4 is 11.0 Å². The number of nitrogens with zero attached hydrogens (tertiary/aromatic N) is 2. The molecular weight excluding hydrogens is 241 g/mol. The van der Waals surface area contributed by atoms with Gasteiger partial charge in [-0.3, -0.25) is 4.57 Å². The fourth-order valence-corrected chi connectivity index (χ4v) is 2.41. The zero-order valence-corrected chi connectivity index (χ0v) is 9.67. The molecule has 1 saturated heterocycles. The van der Waals surface area contributed by atoms with Gasteiger partial charge in [0.2, 0.25) is 0 Å². The van der Waals surface area contributed by atoms with Crippen molar-refractivity contribution in [2.75, 3.05) is 18.5 Å². The molecule has 0 spiro atoms. The number of nitrogens with one attached hydrogen (secondary N) is 1. The number of halogens is 1. The highest BCUT2D eigenvalue weighted by Gasteiger charge is 2.37. The summed E-state index contributed by atoms with van der Waals surface area (Å²) in [6, 6.07) is 0. The minimum atomic E-state index is -1.30. The van der Waals surface area contributed by atoms with Gasteiger partial charge >= 0.3 is 5.69 Å². The van der Waals surface area contributed by atoms with Gasteiger partial charge in [0, 0.05) is 24.7 Å². The van der Waals surface area contributed by atoms with E-state index in [2.05, 4.69) is 10.3 Å². The molecule has 3 atom stereocenters. The van der Waals surface area contributed by atoms with Crippen LogP contribution in [0.5, 0.6) is 0 Å². The third-order valence-corrected chi connectivity index (χ3v) is 3.32. The van der Waals surface area contributed by atoms with E-state index in [1.54, 1.807) is 6.20 Å². The van der Waals surface area contributed by atoms with E-state index >= 15 is 0 Å². The lowest BCUT2D eigenvalue weighted by Gasteiger charge is -2.16. The van der Waals surface area contributed by atoms with Crippen LogP contribution in [0.2, 0.25) is 0 Å². The molecule has 98 valence electrons. The maximum atomic E-state index is 13.8. The van der Waals surface area contributed by atoms with Crippen molar-refractivity contribution >= 4 is 5.82 Å². The van der Waals surface area contributed by atoms with Crippen molar-refractivity contribution in [3.8, 4) is 0 Å². The van der Waals surface area contributed by atoms with Crippen LogP contribution in [-0.2, 0) is 11.2 Å². The molecule has 3 heterocycles. The summed E-state index contributed by atoms with van der Waals surface area (Å²) in [6.07, 6.45) is -0.370. The molecule has 0 saturated carbocycles. The molecule has 0 aromatic carbocycles. The molecule has 0 radical (unpaired) electrons. The van der Waals surface area contributed by atoms with E-state index < -0.39 is 24.2 Å². The molecule has 18 heavy (non-hydrogen) atoms. The van der Waals surface area contributed by atoms with Gasteiger partial charge in [0.15, 0.2) is 6.23 Å². The SMILES string of the molecule is O=c1nc2c(cn1C1OC(CO)C[C@H]1F)CCN2. The number of hydrogen-bond donors (Lipinski definition) is 2. The Balaban J connectivity index is 1.95. The predicted octanol–water partition coefficient (Wildman–Crippen LogP) is -0.171. The van der Waals surface area contributed by atoms with Crippen molar-refractivity contribution < 1.29 is 14.2 Å². The number of aliphatic hydroxyl groups is 1. The van der Waals surface area contributed by atoms with Crippen molar-refractivity contribution in [1.29, 1.82) is 0 Å². The molecule has 1 aromatic heterocycles. The smallest absolute Gasteiger partial charge is 0.351 e. The quantitative estimate of drug-likeness (QED) is 0.767. The summed E-state index contributed by atoms with van der Waals surface area (Å²) in [5, 5.41) is 12.0. The number of alkyl halides is 1. The first-order valence-corrected chi connectivity index (χ1v) is 5.95. The summed E-state index contributed by atoms with van der Waals surface area (Å²) in [7, 11) is 0. The first-order chi connectivity index (χ1) is 8.69. The van der Waals surface area contributed by atoms with Crippen molar-refractivity contribution in [3.05, 3.63) is 22.2 Å². The highest BCUT2D eigenvalue weighted by Crippen LogP contribution is 2.31. The van der Waals surface area contributed by atoms with Gasteiger partial charge in [-0.2, -0.15) is 4.98 Å². The molecule has 2 unspecified atom stereocenters. The molecule has 3 rings (SSSR count). The number of aliphatic hydroxyl groups excluding tert-OH is 1. The van der Waals surface area contributed by atoms with Gasteiger partial charge in [-0.05, 0) is 6.42 Å². The fourth-order valence-electron chi connectivity index (χ4n) is 2.41. The second-order valence-corrected chi connectivity index (χ2v) is 4.56. The Morgan fingerprint density at radius 3 is 3.22 bits per heavy atom. The van der Waals surface area contributed by atoms with Crippen molar-refractivity contribution in [3.63, 3.8) is 0 Å². The highest BCUT2D eigenvalue weighted by molar-refractivity contribution is 5.47. The van der Waals surface area contributed by atoms with E-state index in [0.29, 0.717) is 5.82 Å². The molecule has 0 aliphatic carbocycles. The minimum absolute atomic E-state index is 0.100. The number of ether oxygens (including phenoxy) is 1. The molecule has 2 aliphatic rings. The third kappa shape index (κ3) is 1.79. The van der Waals surface area contributed by atoms with Crippen molar-refractivity contribution in [2.45, 2.75) is 31.3 Å². The zero-order valence-electron chi connectivity index (χ0n) is 9.67. The lowest BCUT2D eigenvalue weighted by atomic mass is 10.2. The maximum Gasteiger partial charge on any atom is 0.351 e. The summed E-state index contributed by atoms with van der Waals surface area (Å²) in [5.41, 5.74) is 0.354. The number of fused-ring (bicyclic) bond motifs is 1. The average Bonchev–Trinajstić information content (AvgIpc) is 2.93. The van der Waals surface area contributed by atoms with Crippen LogP contribution in [0.15, 0.2) is 11.0 Å². The van der Waals surface area contributed by atoms with Gasteiger partial charge in [0.25, 0.3) is 0 Å². The van der Waals surface area contributed by atoms with Crippen LogP contribution >= 0.6 is 0 Å². The van der Waals surface area contributed by atoms with E-state index in [1.807, 2.05) is 0 Å². The lowest BCUT2D eigenvalue weighted by molar-refractivity contribution is -0.0394.